The van der Waals surface area contributed by atoms with Gasteiger partial charge in [-0.1, -0.05) is 52.3 Å². The highest BCUT2D eigenvalue weighted by Gasteiger charge is 2.50. The lowest BCUT2D eigenvalue weighted by molar-refractivity contribution is -0.116. The Bertz CT molecular complexity index is 548. The van der Waals surface area contributed by atoms with E-state index in [2.05, 4.69) is 66.8 Å². The molecular weight excluding hydrogens is 300 g/mol. The van der Waals surface area contributed by atoms with Gasteiger partial charge in [0, 0.05) is 11.8 Å². The molecule has 0 saturated heterocycles. The molecule has 0 radical (unpaired) electrons. The van der Waals surface area contributed by atoms with E-state index in [-0.39, 0.29) is 27.8 Å². The number of allylic oxidation sites excluding steroid dienone is 3. The van der Waals surface area contributed by atoms with E-state index in [1.165, 1.54) is 5.57 Å². The first kappa shape index (κ1) is 18.7. The third-order valence-electron chi connectivity index (χ3n) is 6.63. The quantitative estimate of drug-likeness (QED) is 0.481. The molecule has 130 valence electrons. The van der Waals surface area contributed by atoms with Gasteiger partial charge in [-0.2, -0.15) is 0 Å². The van der Waals surface area contributed by atoms with Crippen LogP contribution in [0.25, 0.3) is 0 Å². The number of carbonyl (C=O) groups excluding carboxylic acids is 1. The van der Waals surface area contributed by atoms with E-state index in [0.717, 1.165) is 12.8 Å². The van der Waals surface area contributed by atoms with Gasteiger partial charge in [-0.25, -0.2) is 0 Å². The number of carbonyl (C=O) groups is 1. The molecule has 2 aliphatic carbocycles. The zero-order chi connectivity index (χ0) is 17.7. The molecule has 2 nitrogen and oxygen atoms in total. The van der Waals surface area contributed by atoms with E-state index in [1.54, 1.807) is 6.08 Å². The summed E-state index contributed by atoms with van der Waals surface area (Å²) in [6, 6.07) is 0. The lowest BCUT2D eigenvalue weighted by Crippen LogP contribution is -2.49. The molecule has 0 N–H and O–H groups in total. The maximum Gasteiger partial charge on any atom is 0.192 e. The molecule has 0 aliphatic heterocycles. The Morgan fingerprint density at radius 3 is 2.30 bits per heavy atom. The van der Waals surface area contributed by atoms with E-state index in [9.17, 15) is 4.79 Å². The molecule has 0 aromatic rings. The molecule has 0 heterocycles. The van der Waals surface area contributed by atoms with Crippen LogP contribution in [-0.4, -0.2) is 20.2 Å². The van der Waals surface area contributed by atoms with Gasteiger partial charge in [0.15, 0.2) is 14.1 Å². The Hall–Kier alpha value is -0.673. The molecule has 0 fully saturated rings. The van der Waals surface area contributed by atoms with Crippen molar-refractivity contribution in [2.45, 2.75) is 85.0 Å². The fourth-order valence-electron chi connectivity index (χ4n) is 3.95. The summed E-state index contributed by atoms with van der Waals surface area (Å²) >= 11 is 0. The van der Waals surface area contributed by atoms with Crippen molar-refractivity contribution in [3.05, 3.63) is 23.8 Å². The van der Waals surface area contributed by atoms with Crippen molar-refractivity contribution >= 4 is 14.1 Å². The van der Waals surface area contributed by atoms with E-state index < -0.39 is 8.32 Å². The molecule has 1 spiro atoms. The van der Waals surface area contributed by atoms with Crippen LogP contribution >= 0.6 is 0 Å². The van der Waals surface area contributed by atoms with Crippen LogP contribution in [-0.2, 0) is 9.22 Å². The summed E-state index contributed by atoms with van der Waals surface area (Å²) in [5.74, 6) is 0.263. The molecule has 23 heavy (non-hydrogen) atoms. The van der Waals surface area contributed by atoms with Gasteiger partial charge in [-0.3, -0.25) is 4.79 Å². The maximum atomic E-state index is 11.6. The van der Waals surface area contributed by atoms with Crippen molar-refractivity contribution in [2.75, 3.05) is 0 Å². The lowest BCUT2D eigenvalue weighted by atomic mass is 9.53. The third-order valence-corrected chi connectivity index (χ3v) is 11.1. The molecule has 0 amide bonds. The highest BCUT2D eigenvalue weighted by atomic mass is 28.4. The second-order valence-electron chi connectivity index (χ2n) is 9.63. The Balaban J connectivity index is 2.32. The Morgan fingerprint density at radius 1 is 1.26 bits per heavy atom. The topological polar surface area (TPSA) is 26.3 Å². The third kappa shape index (κ3) is 3.27. The summed E-state index contributed by atoms with van der Waals surface area (Å²) in [5.41, 5.74) is 1.51. The molecule has 2 aliphatic rings. The largest absolute Gasteiger partial charge is 0.411 e. The van der Waals surface area contributed by atoms with Gasteiger partial charge in [0.25, 0.3) is 0 Å². The minimum Gasteiger partial charge on any atom is -0.411 e. The molecule has 0 aromatic carbocycles. The van der Waals surface area contributed by atoms with Gasteiger partial charge in [0.05, 0.1) is 6.10 Å². The smallest absolute Gasteiger partial charge is 0.192 e. The Morgan fingerprint density at radius 2 is 1.87 bits per heavy atom. The van der Waals surface area contributed by atoms with Crippen LogP contribution in [0.4, 0.5) is 0 Å². The fraction of sp³-hybridized carbons (Fsp3) is 0.750. The van der Waals surface area contributed by atoms with E-state index in [0.29, 0.717) is 6.42 Å². The normalized spacial score (nSPS) is 31.4. The predicted octanol–water partition coefficient (Wildman–Crippen LogP) is 5.66. The highest BCUT2D eigenvalue weighted by Crippen LogP contribution is 2.56. The average Bonchev–Trinajstić information content (AvgIpc) is 2.35. The second kappa shape index (κ2) is 5.70. The molecule has 2 atom stereocenters. The van der Waals surface area contributed by atoms with Crippen LogP contribution in [0.15, 0.2) is 23.8 Å². The number of ketones is 1. The maximum absolute atomic E-state index is 11.6. The molecular formula is C20H34O2Si. The van der Waals surface area contributed by atoms with Crippen LogP contribution in [0.2, 0.25) is 18.1 Å². The molecule has 3 heteroatoms. The van der Waals surface area contributed by atoms with Crippen molar-refractivity contribution < 1.29 is 9.22 Å². The van der Waals surface area contributed by atoms with Crippen molar-refractivity contribution in [2.24, 2.45) is 10.8 Å². The zero-order valence-electron chi connectivity index (χ0n) is 16.2. The fourth-order valence-corrected chi connectivity index (χ4v) is 5.21. The number of rotatable bonds is 2. The van der Waals surface area contributed by atoms with Crippen molar-refractivity contribution in [3.8, 4) is 0 Å². The Kier molecular flexibility index (Phi) is 4.62. The van der Waals surface area contributed by atoms with Crippen LogP contribution < -0.4 is 0 Å². The molecule has 0 saturated carbocycles. The van der Waals surface area contributed by atoms with E-state index >= 15 is 0 Å². The zero-order valence-corrected chi connectivity index (χ0v) is 17.2. The van der Waals surface area contributed by atoms with Crippen LogP contribution in [0.5, 0.6) is 0 Å². The van der Waals surface area contributed by atoms with Gasteiger partial charge in [-0.05, 0) is 49.4 Å². The van der Waals surface area contributed by atoms with Gasteiger partial charge in [-0.15, -0.1) is 0 Å². The summed E-state index contributed by atoms with van der Waals surface area (Å²) < 4.78 is 6.68. The minimum absolute atomic E-state index is 0.0220. The predicted molar refractivity (Wildman–Crippen MR) is 100 cm³/mol. The van der Waals surface area contributed by atoms with Gasteiger partial charge < -0.3 is 4.43 Å². The highest BCUT2D eigenvalue weighted by molar-refractivity contribution is 6.74. The van der Waals surface area contributed by atoms with Crippen LogP contribution in [0, 0.1) is 10.8 Å². The van der Waals surface area contributed by atoms with Crippen LogP contribution in [0.1, 0.15) is 60.8 Å². The van der Waals surface area contributed by atoms with Crippen molar-refractivity contribution in [1.29, 1.82) is 0 Å². The first-order valence-corrected chi connectivity index (χ1v) is 11.8. The summed E-state index contributed by atoms with van der Waals surface area (Å²) in [6.07, 6.45) is 9.14. The van der Waals surface area contributed by atoms with Gasteiger partial charge in [0.2, 0.25) is 0 Å². The number of hydrogen-bond donors (Lipinski definition) is 0. The average molecular weight is 335 g/mol. The molecule has 2 unspecified atom stereocenters. The minimum atomic E-state index is -1.77. The van der Waals surface area contributed by atoms with Gasteiger partial charge in [0.1, 0.15) is 0 Å². The molecule has 0 bridgehead atoms. The van der Waals surface area contributed by atoms with Crippen molar-refractivity contribution in [3.63, 3.8) is 0 Å². The summed E-state index contributed by atoms with van der Waals surface area (Å²) in [4.78, 5) is 11.6. The Labute approximate surface area is 143 Å². The molecule has 0 aromatic heterocycles. The first-order chi connectivity index (χ1) is 10.3. The number of hydrogen-bond acceptors (Lipinski definition) is 2. The standard InChI is InChI=1S/C20H34O2Si/c1-15-13-17(22-23(7,8)18(2,3)4)14-19(5,6)20(15)11-9-16(21)10-12-20/h9,11,13,17H,10,12,14H2,1-8H3. The van der Waals surface area contributed by atoms with E-state index in [4.69, 9.17) is 4.43 Å². The monoisotopic (exact) mass is 334 g/mol. The summed E-state index contributed by atoms with van der Waals surface area (Å²) in [5, 5.41) is 0.227. The summed E-state index contributed by atoms with van der Waals surface area (Å²) in [7, 11) is -1.77. The first-order valence-electron chi connectivity index (χ1n) is 8.90. The SMILES string of the molecule is CC1=CC(O[Si](C)(C)C(C)(C)C)CC(C)(C)C12C=CC(=O)CC2. The van der Waals surface area contributed by atoms with E-state index in [1.807, 2.05) is 0 Å². The lowest BCUT2D eigenvalue weighted by Gasteiger charge is -2.53. The molecule has 2 rings (SSSR count). The van der Waals surface area contributed by atoms with Crippen LogP contribution in [0.3, 0.4) is 0 Å². The van der Waals surface area contributed by atoms with Gasteiger partial charge >= 0.3 is 0 Å². The summed E-state index contributed by atoms with van der Waals surface area (Å²) in [6.45, 7) is 18.4. The second-order valence-corrected chi connectivity index (χ2v) is 14.4. The van der Waals surface area contributed by atoms with Crippen molar-refractivity contribution in [1.82, 2.24) is 0 Å².